The molecule has 5 heteroatoms. The average Bonchev–Trinajstić information content (AvgIpc) is 2.83. The Kier molecular flexibility index (Phi) is 4.79. The van der Waals surface area contributed by atoms with Crippen LogP contribution in [-0.2, 0) is 23.8 Å². The minimum absolute atomic E-state index is 0.0311. The topological polar surface area (TPSA) is 61.8 Å². The fourth-order valence-electron chi connectivity index (χ4n) is 7.00. The number of hydrogen-bond acceptors (Lipinski definition) is 5. The van der Waals surface area contributed by atoms with E-state index in [-0.39, 0.29) is 41.1 Å². The molecule has 0 spiro atoms. The van der Waals surface area contributed by atoms with Gasteiger partial charge in [0.05, 0.1) is 5.76 Å². The summed E-state index contributed by atoms with van der Waals surface area (Å²) in [7, 11) is 0. The van der Waals surface area contributed by atoms with Gasteiger partial charge in [-0.05, 0) is 63.4 Å². The van der Waals surface area contributed by atoms with Crippen molar-refractivity contribution in [3.8, 4) is 0 Å². The van der Waals surface area contributed by atoms with E-state index in [2.05, 4.69) is 26.8 Å². The zero-order valence-corrected chi connectivity index (χ0v) is 17.8. The molecule has 28 heavy (non-hydrogen) atoms. The van der Waals surface area contributed by atoms with Crippen LogP contribution in [0.5, 0.6) is 0 Å². The average molecular weight is 391 g/mol. The molecule has 1 saturated heterocycles. The fraction of sp³-hybridized carbons (Fsp3) is 0.826. The van der Waals surface area contributed by atoms with Gasteiger partial charge in [0.1, 0.15) is 17.8 Å². The summed E-state index contributed by atoms with van der Waals surface area (Å²) < 4.78 is 17.9. The summed E-state index contributed by atoms with van der Waals surface area (Å²) in [5.74, 6) is 2.41. The van der Waals surface area contributed by atoms with Gasteiger partial charge in [0.15, 0.2) is 0 Å². The van der Waals surface area contributed by atoms with E-state index < -0.39 is 0 Å². The summed E-state index contributed by atoms with van der Waals surface area (Å²) in [6, 6.07) is 0. The van der Waals surface area contributed by atoms with Gasteiger partial charge in [-0.3, -0.25) is 9.59 Å². The first-order valence-corrected chi connectivity index (χ1v) is 10.9. The lowest BCUT2D eigenvalue weighted by Gasteiger charge is -2.58. The quantitative estimate of drug-likeness (QED) is 0.654. The predicted molar refractivity (Wildman–Crippen MR) is 104 cm³/mol. The minimum atomic E-state index is -0.235. The second kappa shape index (κ2) is 6.77. The highest BCUT2D eigenvalue weighted by molar-refractivity contribution is 5.66. The number of carbonyl (C=O) groups is 2. The van der Waals surface area contributed by atoms with Gasteiger partial charge in [-0.2, -0.15) is 0 Å². The molecular weight excluding hydrogens is 356 g/mol. The highest BCUT2D eigenvalue weighted by atomic mass is 16.6. The van der Waals surface area contributed by atoms with Crippen molar-refractivity contribution < 1.29 is 23.8 Å². The van der Waals surface area contributed by atoms with E-state index in [4.69, 9.17) is 14.2 Å². The third-order valence-electron chi connectivity index (χ3n) is 8.31. The second-order valence-corrected chi connectivity index (χ2v) is 9.97. The van der Waals surface area contributed by atoms with Crippen molar-refractivity contribution in [2.75, 3.05) is 0 Å². The molecule has 0 radical (unpaired) electrons. The number of fused-ring (bicyclic) bond motifs is 6. The van der Waals surface area contributed by atoms with E-state index in [9.17, 15) is 9.59 Å². The normalized spacial score (nSPS) is 47.0. The first kappa shape index (κ1) is 19.8. The van der Waals surface area contributed by atoms with Gasteiger partial charge in [0.25, 0.3) is 0 Å². The van der Waals surface area contributed by atoms with Gasteiger partial charge < -0.3 is 14.2 Å². The number of carbonyl (C=O) groups excluding carboxylic acids is 2. The van der Waals surface area contributed by atoms with Crippen LogP contribution in [-0.4, -0.2) is 29.7 Å². The lowest BCUT2D eigenvalue weighted by Crippen LogP contribution is -2.56. The van der Waals surface area contributed by atoms with Crippen molar-refractivity contribution in [1.29, 1.82) is 0 Å². The van der Waals surface area contributed by atoms with Gasteiger partial charge >= 0.3 is 11.9 Å². The van der Waals surface area contributed by atoms with Crippen LogP contribution in [0.15, 0.2) is 11.8 Å². The Morgan fingerprint density at radius 1 is 1.00 bits per heavy atom. The highest BCUT2D eigenvalue weighted by Gasteiger charge is 2.62. The molecule has 0 unspecified atom stereocenters. The van der Waals surface area contributed by atoms with Crippen molar-refractivity contribution in [1.82, 2.24) is 0 Å². The van der Waals surface area contributed by atoms with Gasteiger partial charge in [-0.1, -0.05) is 13.8 Å². The fourth-order valence-corrected chi connectivity index (χ4v) is 7.00. The lowest BCUT2D eigenvalue weighted by atomic mass is 9.52. The number of rotatable bonds is 2. The van der Waals surface area contributed by atoms with Crippen LogP contribution in [0.4, 0.5) is 0 Å². The highest BCUT2D eigenvalue weighted by Crippen LogP contribution is 2.64. The SMILES string of the molecule is CC(=O)O[C@@H]1C=C2O[C@@](C)(CC1)[C@H]1CC[C@@]3(C)[C@@H](OC(C)=O)CC[C@H]3[C@H]1[C@@H]2C. The molecule has 2 saturated carbocycles. The largest absolute Gasteiger partial charge is 0.492 e. The molecule has 156 valence electrons. The van der Waals surface area contributed by atoms with Crippen molar-refractivity contribution in [3.63, 3.8) is 0 Å². The Morgan fingerprint density at radius 3 is 2.39 bits per heavy atom. The number of ether oxygens (including phenoxy) is 3. The first-order chi connectivity index (χ1) is 13.1. The first-order valence-electron chi connectivity index (χ1n) is 10.9. The second-order valence-electron chi connectivity index (χ2n) is 9.97. The van der Waals surface area contributed by atoms with Crippen molar-refractivity contribution in [2.45, 2.75) is 91.0 Å². The van der Waals surface area contributed by atoms with E-state index in [0.717, 1.165) is 44.3 Å². The van der Waals surface area contributed by atoms with Gasteiger partial charge in [-0.15, -0.1) is 0 Å². The molecule has 2 heterocycles. The third-order valence-corrected chi connectivity index (χ3v) is 8.31. The van der Waals surface area contributed by atoms with E-state index in [1.165, 1.54) is 13.8 Å². The molecule has 2 aliphatic heterocycles. The maximum Gasteiger partial charge on any atom is 0.303 e. The summed E-state index contributed by atoms with van der Waals surface area (Å²) in [5.41, 5.74) is -0.160. The Labute approximate surface area is 168 Å². The molecule has 0 aromatic carbocycles. The molecular formula is C23H34O5. The van der Waals surface area contributed by atoms with E-state index >= 15 is 0 Å². The zero-order chi connectivity index (χ0) is 20.3. The van der Waals surface area contributed by atoms with Crippen LogP contribution in [0.3, 0.4) is 0 Å². The van der Waals surface area contributed by atoms with Gasteiger partial charge in [0.2, 0.25) is 0 Å². The van der Waals surface area contributed by atoms with Crippen LogP contribution in [0, 0.1) is 29.1 Å². The van der Waals surface area contributed by atoms with E-state index in [0.29, 0.717) is 17.8 Å². The summed E-state index contributed by atoms with van der Waals surface area (Å²) in [5, 5.41) is 0. The molecule has 3 fully saturated rings. The third kappa shape index (κ3) is 3.05. The summed E-state index contributed by atoms with van der Waals surface area (Å²) in [6.07, 6.45) is 7.85. The molecule has 0 aromatic rings. The Bertz CT molecular complexity index is 699. The molecule has 2 bridgehead atoms. The maximum atomic E-state index is 11.7. The Balaban J connectivity index is 1.66. The molecule has 5 nitrogen and oxygen atoms in total. The van der Waals surface area contributed by atoms with Crippen LogP contribution < -0.4 is 0 Å². The lowest BCUT2D eigenvalue weighted by molar-refractivity contribution is -0.178. The summed E-state index contributed by atoms with van der Waals surface area (Å²) in [4.78, 5) is 23.2. The smallest absolute Gasteiger partial charge is 0.303 e. The van der Waals surface area contributed by atoms with E-state index in [1.54, 1.807) is 0 Å². The Hall–Kier alpha value is -1.52. The molecule has 2 aliphatic carbocycles. The maximum absolute atomic E-state index is 11.7. The van der Waals surface area contributed by atoms with Crippen molar-refractivity contribution in [2.24, 2.45) is 29.1 Å². The summed E-state index contributed by atoms with van der Waals surface area (Å²) >= 11 is 0. The number of allylic oxidation sites excluding steroid dienone is 1. The Morgan fingerprint density at radius 2 is 1.71 bits per heavy atom. The van der Waals surface area contributed by atoms with Crippen LogP contribution >= 0.6 is 0 Å². The molecule has 0 amide bonds. The van der Waals surface area contributed by atoms with Gasteiger partial charge in [-0.25, -0.2) is 0 Å². The standard InChI is InChI=1S/C23H34O5/c1-13-19-12-16(26-14(2)24)8-11-23(5,28-19)18-9-10-22(4)17(21(13)18)6-7-20(22)27-15(3)25/h12-13,16-18,20-21H,6-11H2,1-5H3/t13-,16+,17+,18+,20+,21-,22-,23+/m1/s1. The van der Waals surface area contributed by atoms with Gasteiger partial charge in [0, 0.05) is 31.1 Å². The molecule has 8 atom stereocenters. The monoisotopic (exact) mass is 390 g/mol. The molecule has 0 aromatic heterocycles. The van der Waals surface area contributed by atoms with Crippen LogP contribution in [0.1, 0.15) is 73.1 Å². The van der Waals surface area contributed by atoms with Crippen LogP contribution in [0.2, 0.25) is 0 Å². The molecule has 4 rings (SSSR count). The molecule has 0 N–H and O–H groups in total. The number of esters is 2. The number of hydrogen-bond donors (Lipinski definition) is 0. The van der Waals surface area contributed by atoms with Crippen LogP contribution in [0.25, 0.3) is 0 Å². The molecule has 4 aliphatic rings. The predicted octanol–water partition coefficient (Wildman–Crippen LogP) is 4.40. The van der Waals surface area contributed by atoms with Crippen molar-refractivity contribution in [3.05, 3.63) is 11.8 Å². The minimum Gasteiger partial charge on any atom is -0.492 e. The zero-order valence-electron chi connectivity index (χ0n) is 17.8. The van der Waals surface area contributed by atoms with Crippen molar-refractivity contribution >= 4 is 11.9 Å². The van der Waals surface area contributed by atoms with E-state index in [1.807, 2.05) is 0 Å². The summed E-state index contributed by atoms with van der Waals surface area (Å²) in [6.45, 7) is 9.85.